The summed E-state index contributed by atoms with van der Waals surface area (Å²) in [6.45, 7) is 1.97. The zero-order valence-electron chi connectivity index (χ0n) is 16.8. The Labute approximate surface area is 192 Å². The zero-order valence-corrected chi connectivity index (χ0v) is 19.1. The highest BCUT2D eigenvalue weighted by Gasteiger charge is 2.29. The first kappa shape index (κ1) is 22.9. The lowest BCUT2D eigenvalue weighted by Crippen LogP contribution is -2.50. The molecule has 2 aromatic carbocycles. The van der Waals surface area contributed by atoms with Crippen LogP contribution in [0, 0.1) is 0 Å². The van der Waals surface area contributed by atoms with Crippen LogP contribution in [0.5, 0.6) is 0 Å². The van der Waals surface area contributed by atoms with E-state index in [2.05, 4.69) is 5.32 Å². The quantitative estimate of drug-likeness (QED) is 0.571. The molecule has 160 valence electrons. The molecule has 7 heteroatoms. The number of hydrogen-bond donors (Lipinski definition) is 1. The monoisotopic (exact) mass is 466 g/mol. The average molecular weight is 468 g/mol. The van der Waals surface area contributed by atoms with Gasteiger partial charge in [-0.15, -0.1) is 0 Å². The van der Waals surface area contributed by atoms with E-state index in [1.54, 1.807) is 42.2 Å². The van der Waals surface area contributed by atoms with Gasteiger partial charge in [-0.3, -0.25) is 9.59 Å². The Balaban J connectivity index is 1.80. The van der Waals surface area contributed by atoms with Crippen molar-refractivity contribution in [1.82, 2.24) is 10.2 Å². The van der Waals surface area contributed by atoms with Gasteiger partial charge in [0.2, 0.25) is 11.8 Å². The van der Waals surface area contributed by atoms with Gasteiger partial charge in [-0.2, -0.15) is 0 Å². The molecule has 1 aliphatic rings. The van der Waals surface area contributed by atoms with E-state index >= 15 is 0 Å². The Morgan fingerprint density at radius 3 is 2.43 bits per heavy atom. The Hall–Kier alpha value is -1.75. The fraction of sp³-hybridized carbons (Fsp3) is 0.391. The second-order valence-corrected chi connectivity index (χ2v) is 9.01. The van der Waals surface area contributed by atoms with Crippen molar-refractivity contribution < 1.29 is 9.59 Å². The van der Waals surface area contributed by atoms with E-state index in [0.717, 1.165) is 36.8 Å². The van der Waals surface area contributed by atoms with Gasteiger partial charge in [0.1, 0.15) is 6.04 Å². The van der Waals surface area contributed by atoms with Gasteiger partial charge in [0, 0.05) is 27.7 Å². The number of halogens is 3. The predicted molar refractivity (Wildman–Crippen MR) is 122 cm³/mol. The Kier molecular flexibility index (Phi) is 8.04. The second-order valence-electron chi connectivity index (χ2n) is 7.73. The molecule has 2 amide bonds. The maximum atomic E-state index is 13.2. The van der Waals surface area contributed by atoms with Gasteiger partial charge in [0.15, 0.2) is 0 Å². The number of carbonyl (C=O) groups is 2. The summed E-state index contributed by atoms with van der Waals surface area (Å²) < 4.78 is 0. The largest absolute Gasteiger partial charge is 0.352 e. The van der Waals surface area contributed by atoms with Crippen molar-refractivity contribution in [2.45, 2.75) is 57.7 Å². The summed E-state index contributed by atoms with van der Waals surface area (Å²) >= 11 is 18.4. The number of carbonyl (C=O) groups excluding carboxylic acids is 2. The maximum absolute atomic E-state index is 13.2. The van der Waals surface area contributed by atoms with E-state index in [1.165, 1.54) is 0 Å². The normalized spacial score (nSPS) is 15.1. The lowest BCUT2D eigenvalue weighted by molar-refractivity contribution is -0.140. The molecule has 0 unspecified atom stereocenters. The molecule has 0 radical (unpaired) electrons. The molecule has 1 N–H and O–H groups in total. The van der Waals surface area contributed by atoms with Crippen LogP contribution in [-0.4, -0.2) is 28.8 Å². The summed E-state index contributed by atoms with van der Waals surface area (Å²) in [5, 5.41) is 4.64. The zero-order chi connectivity index (χ0) is 21.7. The van der Waals surface area contributed by atoms with Crippen molar-refractivity contribution in [3.63, 3.8) is 0 Å². The molecule has 0 aromatic heterocycles. The molecule has 0 spiro atoms. The summed E-state index contributed by atoms with van der Waals surface area (Å²) in [6, 6.07) is 11.9. The summed E-state index contributed by atoms with van der Waals surface area (Å²) in [5.74, 6) is -0.316. The van der Waals surface area contributed by atoms with Gasteiger partial charge in [0.25, 0.3) is 0 Å². The molecular formula is C23H25Cl3N2O2. The van der Waals surface area contributed by atoms with Gasteiger partial charge in [-0.25, -0.2) is 0 Å². The third kappa shape index (κ3) is 6.13. The minimum atomic E-state index is -0.635. The number of benzene rings is 2. The lowest BCUT2D eigenvalue weighted by atomic mass is 10.1. The van der Waals surface area contributed by atoms with Gasteiger partial charge >= 0.3 is 0 Å². The van der Waals surface area contributed by atoms with Crippen LogP contribution in [0.25, 0.3) is 0 Å². The van der Waals surface area contributed by atoms with E-state index in [9.17, 15) is 9.59 Å². The van der Waals surface area contributed by atoms with E-state index in [1.807, 2.05) is 12.1 Å². The molecule has 0 aliphatic heterocycles. The first-order chi connectivity index (χ1) is 14.3. The number of nitrogens with one attached hydrogen (secondary N) is 1. The molecule has 0 heterocycles. The number of hydrogen-bond acceptors (Lipinski definition) is 2. The van der Waals surface area contributed by atoms with Gasteiger partial charge in [0.05, 0.1) is 6.42 Å². The van der Waals surface area contributed by atoms with Crippen LogP contribution < -0.4 is 5.32 Å². The highest BCUT2D eigenvalue weighted by molar-refractivity contribution is 6.35. The average Bonchev–Trinajstić information content (AvgIpc) is 3.20. The highest BCUT2D eigenvalue weighted by atomic mass is 35.5. The van der Waals surface area contributed by atoms with Crippen LogP contribution in [0.4, 0.5) is 0 Å². The molecule has 0 saturated heterocycles. The third-order valence-corrected chi connectivity index (χ3v) is 6.29. The molecule has 4 nitrogen and oxygen atoms in total. The summed E-state index contributed by atoms with van der Waals surface area (Å²) in [5.41, 5.74) is 1.53. The van der Waals surface area contributed by atoms with Crippen molar-refractivity contribution in [3.05, 3.63) is 68.7 Å². The molecule has 0 bridgehead atoms. The van der Waals surface area contributed by atoms with Gasteiger partial charge < -0.3 is 10.2 Å². The Bertz CT molecular complexity index is 913. The lowest BCUT2D eigenvalue weighted by Gasteiger charge is -2.30. The van der Waals surface area contributed by atoms with Crippen molar-refractivity contribution in [2.24, 2.45) is 0 Å². The molecular weight excluding hydrogens is 443 g/mol. The van der Waals surface area contributed by atoms with E-state index in [-0.39, 0.29) is 30.8 Å². The van der Waals surface area contributed by atoms with Crippen LogP contribution in [-0.2, 0) is 22.6 Å². The van der Waals surface area contributed by atoms with Crippen LogP contribution >= 0.6 is 34.8 Å². The van der Waals surface area contributed by atoms with Crippen molar-refractivity contribution in [1.29, 1.82) is 0 Å². The standard InChI is InChI=1S/C23H25Cl3N2O2/c1-15(23(30)27-20-7-2-3-8-20)28(14-17-9-10-19(25)13-21(17)26)22(29)12-16-5-4-6-18(24)11-16/h4-6,9-11,13,15,20H,2-3,7-8,12,14H2,1H3,(H,27,30)/t15-/m0/s1. The Morgan fingerprint density at radius 2 is 1.77 bits per heavy atom. The molecule has 3 rings (SSSR count). The molecule has 2 aromatic rings. The SMILES string of the molecule is C[C@@H](C(=O)NC1CCCC1)N(Cc1ccc(Cl)cc1Cl)C(=O)Cc1cccc(Cl)c1. The maximum Gasteiger partial charge on any atom is 0.242 e. The van der Waals surface area contributed by atoms with Crippen LogP contribution in [0.3, 0.4) is 0 Å². The molecule has 1 fully saturated rings. The topological polar surface area (TPSA) is 49.4 Å². The smallest absolute Gasteiger partial charge is 0.242 e. The summed E-state index contributed by atoms with van der Waals surface area (Å²) in [6.07, 6.45) is 4.36. The predicted octanol–water partition coefficient (Wildman–Crippen LogP) is 5.67. The summed E-state index contributed by atoms with van der Waals surface area (Å²) in [4.78, 5) is 27.7. The second kappa shape index (κ2) is 10.5. The fourth-order valence-corrected chi connectivity index (χ4v) is 4.41. The minimum Gasteiger partial charge on any atom is -0.352 e. The van der Waals surface area contributed by atoms with Gasteiger partial charge in [-0.1, -0.05) is 65.8 Å². The van der Waals surface area contributed by atoms with Crippen molar-refractivity contribution in [3.8, 4) is 0 Å². The minimum absolute atomic E-state index is 0.146. The first-order valence-corrected chi connectivity index (χ1v) is 11.2. The van der Waals surface area contributed by atoms with E-state index in [4.69, 9.17) is 34.8 Å². The number of amides is 2. The first-order valence-electron chi connectivity index (χ1n) is 10.1. The molecule has 1 atom stereocenters. The van der Waals surface area contributed by atoms with E-state index in [0.29, 0.717) is 15.1 Å². The molecule has 1 saturated carbocycles. The fourth-order valence-electron chi connectivity index (χ4n) is 3.73. The molecule has 30 heavy (non-hydrogen) atoms. The molecule has 1 aliphatic carbocycles. The van der Waals surface area contributed by atoms with Crippen LogP contribution in [0.15, 0.2) is 42.5 Å². The Morgan fingerprint density at radius 1 is 1.07 bits per heavy atom. The van der Waals surface area contributed by atoms with E-state index < -0.39 is 6.04 Å². The third-order valence-electron chi connectivity index (χ3n) is 5.47. The van der Waals surface area contributed by atoms with Crippen molar-refractivity contribution in [2.75, 3.05) is 0 Å². The van der Waals surface area contributed by atoms with Gasteiger partial charge in [-0.05, 0) is 55.2 Å². The highest BCUT2D eigenvalue weighted by Crippen LogP contribution is 2.24. The van der Waals surface area contributed by atoms with Crippen LogP contribution in [0.2, 0.25) is 15.1 Å². The number of rotatable bonds is 7. The van der Waals surface area contributed by atoms with Crippen molar-refractivity contribution >= 4 is 46.6 Å². The number of nitrogens with zero attached hydrogens (tertiary/aromatic N) is 1. The summed E-state index contributed by atoms with van der Waals surface area (Å²) in [7, 11) is 0. The van der Waals surface area contributed by atoms with Crippen LogP contribution in [0.1, 0.15) is 43.7 Å².